The van der Waals surface area contributed by atoms with Crippen molar-refractivity contribution in [2.24, 2.45) is 5.92 Å². The second-order valence-electron chi connectivity index (χ2n) is 5.58. The molecule has 2 rings (SSSR count). The lowest BCUT2D eigenvalue weighted by atomic mass is 10.1. The van der Waals surface area contributed by atoms with Gasteiger partial charge in [0.15, 0.2) is 0 Å². The number of nitrogen functional groups attached to an aromatic ring is 1. The minimum atomic E-state index is 0.656. The Morgan fingerprint density at radius 2 is 2.06 bits per heavy atom. The summed E-state index contributed by atoms with van der Waals surface area (Å²) in [5, 5.41) is 3.48. The Morgan fingerprint density at radius 1 is 1.33 bits per heavy atom. The third-order valence-electron chi connectivity index (χ3n) is 3.62. The normalized spacial score (nSPS) is 17.9. The van der Waals surface area contributed by atoms with Crippen molar-refractivity contribution in [3.63, 3.8) is 0 Å². The van der Waals surface area contributed by atoms with E-state index in [1.807, 2.05) is 12.1 Å². The molecule has 1 aliphatic rings. The van der Waals surface area contributed by atoms with Gasteiger partial charge >= 0.3 is 0 Å². The van der Waals surface area contributed by atoms with Gasteiger partial charge in [-0.05, 0) is 56.5 Å². The van der Waals surface area contributed by atoms with E-state index in [9.17, 15) is 0 Å². The summed E-state index contributed by atoms with van der Waals surface area (Å²) in [7, 11) is 0. The standard InChI is InChI=1S/C15H25N3/c1-12-5-6-14(16)15(9-12)17-10-13(2)11-18-7-3-4-8-18/h5-6,9,13,17H,3-4,7-8,10-11,16H2,1-2H3. The number of hydrogen-bond donors (Lipinski definition) is 2. The maximum absolute atomic E-state index is 5.97. The van der Waals surface area contributed by atoms with Crippen molar-refractivity contribution >= 4 is 11.4 Å². The van der Waals surface area contributed by atoms with Crippen molar-refractivity contribution in [3.05, 3.63) is 23.8 Å². The fourth-order valence-corrected chi connectivity index (χ4v) is 2.58. The van der Waals surface area contributed by atoms with E-state index in [2.05, 4.69) is 30.1 Å². The van der Waals surface area contributed by atoms with Crippen LogP contribution in [0, 0.1) is 12.8 Å². The summed E-state index contributed by atoms with van der Waals surface area (Å²) < 4.78 is 0. The Kier molecular flexibility index (Phi) is 4.48. The first-order chi connectivity index (χ1) is 8.65. The number of likely N-dealkylation sites (tertiary alicyclic amines) is 1. The molecule has 0 saturated carbocycles. The summed E-state index contributed by atoms with van der Waals surface area (Å²) in [4.78, 5) is 2.56. The summed E-state index contributed by atoms with van der Waals surface area (Å²) in [5.41, 5.74) is 9.13. The Morgan fingerprint density at radius 3 is 2.78 bits per heavy atom. The van der Waals surface area contributed by atoms with Gasteiger partial charge in [-0.3, -0.25) is 0 Å². The van der Waals surface area contributed by atoms with Crippen LogP contribution < -0.4 is 11.1 Å². The highest BCUT2D eigenvalue weighted by molar-refractivity contribution is 5.66. The van der Waals surface area contributed by atoms with E-state index in [-0.39, 0.29) is 0 Å². The first-order valence-corrected chi connectivity index (χ1v) is 6.97. The molecule has 0 aliphatic carbocycles. The van der Waals surface area contributed by atoms with Gasteiger partial charge in [-0.2, -0.15) is 0 Å². The van der Waals surface area contributed by atoms with Gasteiger partial charge in [0.1, 0.15) is 0 Å². The van der Waals surface area contributed by atoms with E-state index in [4.69, 9.17) is 5.73 Å². The van der Waals surface area contributed by atoms with Crippen molar-refractivity contribution in [1.29, 1.82) is 0 Å². The van der Waals surface area contributed by atoms with Crippen molar-refractivity contribution in [1.82, 2.24) is 4.90 Å². The Labute approximate surface area is 110 Å². The molecule has 0 bridgehead atoms. The van der Waals surface area contributed by atoms with Crippen LogP contribution in [0.4, 0.5) is 11.4 Å². The minimum Gasteiger partial charge on any atom is -0.397 e. The zero-order valence-electron chi connectivity index (χ0n) is 11.6. The maximum atomic E-state index is 5.97. The van der Waals surface area contributed by atoms with Gasteiger partial charge in [-0.15, -0.1) is 0 Å². The zero-order valence-corrected chi connectivity index (χ0v) is 11.6. The number of nitrogens with zero attached hydrogens (tertiary/aromatic N) is 1. The minimum absolute atomic E-state index is 0.656. The van der Waals surface area contributed by atoms with Crippen molar-refractivity contribution in [2.75, 3.05) is 37.2 Å². The van der Waals surface area contributed by atoms with Crippen LogP contribution in [0.15, 0.2) is 18.2 Å². The van der Waals surface area contributed by atoms with Gasteiger partial charge in [0, 0.05) is 13.1 Å². The maximum Gasteiger partial charge on any atom is 0.0576 e. The highest BCUT2D eigenvalue weighted by Gasteiger charge is 2.14. The van der Waals surface area contributed by atoms with Crippen molar-refractivity contribution in [3.8, 4) is 0 Å². The van der Waals surface area contributed by atoms with Crippen LogP contribution >= 0.6 is 0 Å². The van der Waals surface area contributed by atoms with E-state index in [1.165, 1.54) is 38.0 Å². The van der Waals surface area contributed by atoms with Gasteiger partial charge in [0.05, 0.1) is 11.4 Å². The highest BCUT2D eigenvalue weighted by atomic mass is 15.1. The van der Waals surface area contributed by atoms with Gasteiger partial charge in [0.25, 0.3) is 0 Å². The summed E-state index contributed by atoms with van der Waals surface area (Å²) in [6, 6.07) is 6.15. The summed E-state index contributed by atoms with van der Waals surface area (Å²) in [5.74, 6) is 0.656. The Balaban J connectivity index is 1.81. The molecule has 1 unspecified atom stereocenters. The van der Waals surface area contributed by atoms with Crippen molar-refractivity contribution in [2.45, 2.75) is 26.7 Å². The third-order valence-corrected chi connectivity index (χ3v) is 3.62. The highest BCUT2D eigenvalue weighted by Crippen LogP contribution is 2.20. The monoisotopic (exact) mass is 247 g/mol. The second-order valence-corrected chi connectivity index (χ2v) is 5.58. The van der Waals surface area contributed by atoms with E-state index in [0.717, 1.165) is 17.9 Å². The van der Waals surface area contributed by atoms with Gasteiger partial charge in [0.2, 0.25) is 0 Å². The molecule has 18 heavy (non-hydrogen) atoms. The first-order valence-electron chi connectivity index (χ1n) is 6.97. The van der Waals surface area contributed by atoms with Crippen LogP contribution in [0.1, 0.15) is 25.3 Å². The number of hydrogen-bond acceptors (Lipinski definition) is 3. The van der Waals surface area contributed by atoms with E-state index in [0.29, 0.717) is 5.92 Å². The third kappa shape index (κ3) is 3.64. The van der Waals surface area contributed by atoms with Crippen LogP contribution in [0.5, 0.6) is 0 Å². The lowest BCUT2D eigenvalue weighted by Gasteiger charge is -2.21. The largest absolute Gasteiger partial charge is 0.397 e. The molecule has 1 heterocycles. The van der Waals surface area contributed by atoms with Gasteiger partial charge in [-0.1, -0.05) is 13.0 Å². The number of anilines is 2. The van der Waals surface area contributed by atoms with Gasteiger partial charge in [-0.25, -0.2) is 0 Å². The molecule has 3 nitrogen and oxygen atoms in total. The average Bonchev–Trinajstić information content (AvgIpc) is 2.83. The van der Waals surface area contributed by atoms with Crippen LogP contribution in [0.2, 0.25) is 0 Å². The van der Waals surface area contributed by atoms with Crippen LogP contribution in [0.3, 0.4) is 0 Å². The topological polar surface area (TPSA) is 41.3 Å². The number of benzene rings is 1. The summed E-state index contributed by atoms with van der Waals surface area (Å²) in [6.45, 7) is 9.13. The number of rotatable bonds is 5. The molecule has 1 saturated heterocycles. The molecule has 0 amide bonds. The lowest BCUT2D eigenvalue weighted by Crippen LogP contribution is -2.29. The Bertz CT molecular complexity index is 383. The molecule has 1 aromatic carbocycles. The fourth-order valence-electron chi connectivity index (χ4n) is 2.58. The molecular weight excluding hydrogens is 222 g/mol. The predicted molar refractivity (Wildman–Crippen MR) is 78.9 cm³/mol. The van der Waals surface area contributed by atoms with E-state index >= 15 is 0 Å². The molecular formula is C15H25N3. The van der Waals surface area contributed by atoms with Crippen molar-refractivity contribution < 1.29 is 0 Å². The summed E-state index contributed by atoms with van der Waals surface area (Å²) >= 11 is 0. The quantitative estimate of drug-likeness (QED) is 0.786. The molecule has 1 fully saturated rings. The number of nitrogens with one attached hydrogen (secondary N) is 1. The zero-order chi connectivity index (χ0) is 13.0. The Hall–Kier alpha value is -1.22. The smallest absolute Gasteiger partial charge is 0.0576 e. The predicted octanol–water partition coefficient (Wildman–Crippen LogP) is 2.72. The van der Waals surface area contributed by atoms with Gasteiger partial charge < -0.3 is 16.0 Å². The number of nitrogens with two attached hydrogens (primary N) is 1. The molecule has 0 aromatic heterocycles. The molecule has 1 aromatic rings. The lowest BCUT2D eigenvalue weighted by molar-refractivity contribution is 0.294. The molecule has 1 aliphatic heterocycles. The molecule has 100 valence electrons. The number of aryl methyl sites for hydroxylation is 1. The summed E-state index contributed by atoms with van der Waals surface area (Å²) in [6.07, 6.45) is 2.73. The molecule has 0 radical (unpaired) electrons. The molecule has 1 atom stereocenters. The van der Waals surface area contributed by atoms with Crippen LogP contribution in [0.25, 0.3) is 0 Å². The second kappa shape index (κ2) is 6.10. The van der Waals surface area contributed by atoms with E-state index in [1.54, 1.807) is 0 Å². The van der Waals surface area contributed by atoms with Crippen LogP contribution in [-0.4, -0.2) is 31.1 Å². The van der Waals surface area contributed by atoms with E-state index < -0.39 is 0 Å². The fraction of sp³-hybridized carbons (Fsp3) is 0.600. The first kappa shape index (κ1) is 13.2. The molecule has 0 spiro atoms. The SMILES string of the molecule is Cc1ccc(N)c(NCC(C)CN2CCCC2)c1. The molecule has 3 heteroatoms. The average molecular weight is 247 g/mol. The van der Waals surface area contributed by atoms with Crippen LogP contribution in [-0.2, 0) is 0 Å². The molecule has 3 N–H and O–H groups in total.